The summed E-state index contributed by atoms with van der Waals surface area (Å²) in [7, 11) is 0. The van der Waals surface area contributed by atoms with Crippen molar-refractivity contribution in [2.45, 2.75) is 75.3 Å². The molecule has 6 nitrogen and oxygen atoms in total. The van der Waals surface area contributed by atoms with Crippen molar-refractivity contribution < 1.29 is 0 Å². The van der Waals surface area contributed by atoms with Crippen LogP contribution in [0.25, 0.3) is 44.5 Å². The summed E-state index contributed by atoms with van der Waals surface area (Å²) in [5.74, 6) is 3.46. The number of rotatable bonds is 5. The molecule has 2 bridgehead atoms. The summed E-state index contributed by atoms with van der Waals surface area (Å²) in [6, 6.07) is 21.5. The van der Waals surface area contributed by atoms with Crippen LogP contribution in [0.5, 0.6) is 0 Å². The maximum atomic E-state index is 4.93. The summed E-state index contributed by atoms with van der Waals surface area (Å²) < 4.78 is 0. The minimum Gasteiger partial charge on any atom is -0.341 e. The molecule has 5 aliphatic rings. The molecule has 0 spiro atoms. The van der Waals surface area contributed by atoms with E-state index in [1.54, 1.807) is 11.1 Å². The van der Waals surface area contributed by atoms with Crippen molar-refractivity contribution in [3.8, 4) is 33.5 Å². The predicted molar refractivity (Wildman–Crippen MR) is 168 cm³/mol. The minimum absolute atomic E-state index is 0.356. The van der Waals surface area contributed by atoms with Crippen molar-refractivity contribution in [3.63, 3.8) is 0 Å². The predicted octanol–water partition coefficient (Wildman–Crippen LogP) is 7.89. The van der Waals surface area contributed by atoms with E-state index in [1.807, 2.05) is 6.20 Å². The third-order valence-corrected chi connectivity index (χ3v) is 10.5. The van der Waals surface area contributed by atoms with Crippen LogP contribution in [-0.2, 0) is 0 Å². The monoisotopic (exact) mass is 554 g/mol. The van der Waals surface area contributed by atoms with Crippen LogP contribution in [0.1, 0.15) is 98.1 Å². The Morgan fingerprint density at radius 2 is 1.21 bits per heavy atom. The molecule has 3 fully saturated rings. The van der Waals surface area contributed by atoms with Gasteiger partial charge in [-0.2, -0.15) is 0 Å². The molecule has 4 N–H and O–H groups in total. The fourth-order valence-corrected chi connectivity index (χ4v) is 8.38. The third-order valence-electron chi connectivity index (χ3n) is 10.5. The second-order valence-electron chi connectivity index (χ2n) is 12.9. The fourth-order valence-electron chi connectivity index (χ4n) is 8.38. The molecule has 2 aromatic heterocycles. The molecular weight excluding hydrogens is 516 g/mol. The van der Waals surface area contributed by atoms with E-state index in [0.717, 1.165) is 54.3 Å². The molecule has 0 amide bonds. The third kappa shape index (κ3) is 4.07. The average molecular weight is 555 g/mol. The van der Waals surface area contributed by atoms with Gasteiger partial charge in [0, 0.05) is 0 Å². The molecule has 5 aromatic rings. The maximum absolute atomic E-state index is 4.93. The van der Waals surface area contributed by atoms with E-state index < -0.39 is 0 Å². The van der Waals surface area contributed by atoms with E-state index in [9.17, 15) is 0 Å². The number of aromatic nitrogens is 4. The lowest BCUT2D eigenvalue weighted by Gasteiger charge is -2.41. The number of imidazole rings is 2. The summed E-state index contributed by atoms with van der Waals surface area (Å²) in [5, 5.41) is 7.13. The Kier molecular flexibility index (Phi) is 5.86. The molecular formula is C36H38N6. The first-order valence-corrected chi connectivity index (χ1v) is 16.1. The molecule has 2 atom stereocenters. The molecule has 42 heavy (non-hydrogen) atoms. The Hall–Kier alpha value is -3.74. The lowest BCUT2D eigenvalue weighted by molar-refractivity contribution is 0.360. The lowest BCUT2D eigenvalue weighted by Crippen LogP contribution is -2.23. The number of benzene rings is 3. The van der Waals surface area contributed by atoms with Crippen LogP contribution in [-0.4, -0.2) is 33.0 Å². The second-order valence-corrected chi connectivity index (χ2v) is 12.9. The maximum Gasteiger partial charge on any atom is 0.124 e. The molecule has 2 saturated heterocycles. The summed E-state index contributed by atoms with van der Waals surface area (Å²) in [6.07, 6.45) is 12.0. The number of H-pyrrole nitrogens is 2. The van der Waals surface area contributed by atoms with Crippen LogP contribution < -0.4 is 10.6 Å². The molecule has 1 saturated carbocycles. The zero-order chi connectivity index (χ0) is 27.6. The van der Waals surface area contributed by atoms with Gasteiger partial charge < -0.3 is 20.6 Å². The highest BCUT2D eigenvalue weighted by Crippen LogP contribution is 2.55. The molecule has 3 aromatic carbocycles. The van der Waals surface area contributed by atoms with Crippen molar-refractivity contribution >= 4 is 11.0 Å². The van der Waals surface area contributed by atoms with Crippen LogP contribution in [0.15, 0.2) is 60.8 Å². The average Bonchev–Trinajstić information content (AvgIpc) is 3.87. The van der Waals surface area contributed by atoms with Gasteiger partial charge in [-0.05, 0) is 127 Å². The first-order chi connectivity index (χ1) is 20.8. The molecule has 10 rings (SSSR count). The highest BCUT2D eigenvalue weighted by atomic mass is 15.0. The van der Waals surface area contributed by atoms with E-state index in [1.165, 1.54) is 66.3 Å². The van der Waals surface area contributed by atoms with E-state index in [4.69, 9.17) is 4.98 Å². The van der Waals surface area contributed by atoms with Gasteiger partial charge in [0.1, 0.15) is 11.6 Å². The fraction of sp³-hybridized carbons (Fsp3) is 0.389. The quantitative estimate of drug-likeness (QED) is 0.178. The first kappa shape index (κ1) is 24.8. The van der Waals surface area contributed by atoms with Crippen LogP contribution in [0.4, 0.5) is 0 Å². The molecule has 0 unspecified atom stereocenters. The molecule has 6 heteroatoms. The summed E-state index contributed by atoms with van der Waals surface area (Å²) in [4.78, 5) is 16.8. The molecule has 3 aliphatic carbocycles. The first-order valence-electron chi connectivity index (χ1n) is 16.1. The van der Waals surface area contributed by atoms with Gasteiger partial charge in [-0.25, -0.2) is 9.97 Å². The Balaban J connectivity index is 1.08. The van der Waals surface area contributed by atoms with Gasteiger partial charge in [-0.3, -0.25) is 0 Å². The number of nitrogens with one attached hydrogen (secondary N) is 4. The van der Waals surface area contributed by atoms with Gasteiger partial charge in [0.2, 0.25) is 0 Å². The zero-order valence-corrected chi connectivity index (χ0v) is 24.0. The van der Waals surface area contributed by atoms with Crippen LogP contribution in [0.2, 0.25) is 0 Å². The largest absolute Gasteiger partial charge is 0.341 e. The standard InChI is InChI=1S/C36H38N6/c1-3-29(37-17-1)35-39-20-32(42-35)22-7-5-21(6-8-22)26-14-15-27(34-24-11-9-23(10-12-24)33(26)34)25-13-16-28-31(19-25)41-36(40-28)30-4-2-18-38-30/h5-8,13-16,19-20,23-24,29-30,37-38H,1-4,9-12,17-18H2,(H,39,42)(H,40,41)/t23?,24?,29-,30-/m0/s1. The SMILES string of the molecule is c1cc(-c2ccc(-c3ccc4nc([C@@H]5CCCN5)[nH]c4c3)c3c2C2CCC3CC2)ccc1-c1cnc([C@@H]2CCCN2)[nH]1. The van der Waals surface area contributed by atoms with E-state index in [2.05, 4.69) is 80.2 Å². The van der Waals surface area contributed by atoms with Crippen LogP contribution in [0, 0.1) is 0 Å². The van der Waals surface area contributed by atoms with Gasteiger partial charge >= 0.3 is 0 Å². The normalized spacial score (nSPS) is 25.0. The Labute approximate surface area is 246 Å². The van der Waals surface area contributed by atoms with Gasteiger partial charge in [0.05, 0.1) is 35.0 Å². The topological polar surface area (TPSA) is 81.4 Å². The molecule has 2 aliphatic heterocycles. The van der Waals surface area contributed by atoms with Gasteiger partial charge in [-0.15, -0.1) is 0 Å². The Morgan fingerprint density at radius 1 is 0.595 bits per heavy atom. The van der Waals surface area contributed by atoms with Crippen molar-refractivity contribution in [2.75, 3.05) is 13.1 Å². The smallest absolute Gasteiger partial charge is 0.124 e. The van der Waals surface area contributed by atoms with Crippen molar-refractivity contribution in [1.82, 2.24) is 30.6 Å². The molecule has 4 heterocycles. The number of fused-ring (bicyclic) bond motifs is 3. The highest BCUT2D eigenvalue weighted by Gasteiger charge is 2.36. The van der Waals surface area contributed by atoms with Crippen molar-refractivity contribution in [2.24, 2.45) is 0 Å². The van der Waals surface area contributed by atoms with Gasteiger partial charge in [0.25, 0.3) is 0 Å². The second kappa shape index (κ2) is 9.92. The number of hydrogen-bond acceptors (Lipinski definition) is 4. The van der Waals surface area contributed by atoms with Gasteiger partial charge in [0.15, 0.2) is 0 Å². The summed E-state index contributed by atoms with van der Waals surface area (Å²) in [6.45, 7) is 2.16. The van der Waals surface area contributed by atoms with Crippen LogP contribution >= 0.6 is 0 Å². The van der Waals surface area contributed by atoms with E-state index in [-0.39, 0.29) is 0 Å². The summed E-state index contributed by atoms with van der Waals surface area (Å²) >= 11 is 0. The number of hydrogen-bond donors (Lipinski definition) is 4. The molecule has 0 radical (unpaired) electrons. The number of nitrogens with zero attached hydrogens (tertiary/aromatic N) is 2. The summed E-state index contributed by atoms with van der Waals surface area (Å²) in [5.41, 5.74) is 13.2. The lowest BCUT2D eigenvalue weighted by atomic mass is 9.63. The Morgan fingerprint density at radius 3 is 1.88 bits per heavy atom. The van der Waals surface area contributed by atoms with Crippen molar-refractivity contribution in [3.05, 3.63) is 83.6 Å². The van der Waals surface area contributed by atoms with Crippen LogP contribution in [0.3, 0.4) is 0 Å². The minimum atomic E-state index is 0.356. The highest BCUT2D eigenvalue weighted by molar-refractivity contribution is 5.86. The van der Waals surface area contributed by atoms with E-state index >= 15 is 0 Å². The molecule has 212 valence electrons. The van der Waals surface area contributed by atoms with Crippen molar-refractivity contribution in [1.29, 1.82) is 0 Å². The van der Waals surface area contributed by atoms with E-state index in [0.29, 0.717) is 23.9 Å². The van der Waals surface area contributed by atoms with Gasteiger partial charge in [-0.1, -0.05) is 42.5 Å². The zero-order valence-electron chi connectivity index (χ0n) is 24.0. The Bertz CT molecular complexity index is 1760. The number of aromatic amines is 2.